The first-order valence-corrected chi connectivity index (χ1v) is 20.4. The first-order valence-electron chi connectivity index (χ1n) is 15.1. The van der Waals surface area contributed by atoms with Gasteiger partial charge in [-0.05, 0) is 29.8 Å². The van der Waals surface area contributed by atoms with Crippen molar-refractivity contribution in [3.05, 3.63) is 154 Å². The first kappa shape index (κ1) is 33.0. The van der Waals surface area contributed by atoms with Gasteiger partial charge < -0.3 is 0 Å². The fourth-order valence-corrected chi connectivity index (χ4v) is 9.69. The minimum Gasteiger partial charge on any atom is -0.260 e. The molecule has 45 heavy (non-hydrogen) atoms. The molecule has 0 saturated carbocycles. The smallest absolute Gasteiger partial charge is 0.0685 e. The van der Waals surface area contributed by atoms with Crippen molar-refractivity contribution in [2.24, 2.45) is 0 Å². The molecule has 5 aromatic rings. The molecule has 0 radical (unpaired) electrons. The van der Waals surface area contributed by atoms with E-state index in [1.165, 1.54) is 50.3 Å². The van der Waals surface area contributed by atoms with E-state index in [0.717, 1.165) is 28.8 Å². The van der Waals surface area contributed by atoms with Gasteiger partial charge in [-0.1, -0.05) is 42.5 Å². The van der Waals surface area contributed by atoms with Crippen LogP contribution in [0.2, 0.25) is 0 Å². The van der Waals surface area contributed by atoms with Crippen LogP contribution in [-0.4, -0.2) is 27.4 Å². The average Bonchev–Trinajstić information content (AvgIpc) is 3.42. The molecule has 6 rings (SSSR count). The van der Waals surface area contributed by atoms with Gasteiger partial charge in [0.15, 0.2) is 0 Å². The second-order valence-electron chi connectivity index (χ2n) is 11.6. The van der Waals surface area contributed by atoms with Gasteiger partial charge in [0.25, 0.3) is 0 Å². The van der Waals surface area contributed by atoms with Crippen molar-refractivity contribution in [1.82, 2.24) is 9.97 Å². The molecule has 0 unspecified atom stereocenters. The van der Waals surface area contributed by atoms with E-state index in [0.29, 0.717) is 0 Å². The largest absolute Gasteiger partial charge is 0.260 e. The Labute approximate surface area is 281 Å². The summed E-state index contributed by atoms with van der Waals surface area (Å²) in [7, 11) is 13.3. The summed E-state index contributed by atoms with van der Waals surface area (Å²) in [6.07, 6.45) is 3.66. The van der Waals surface area contributed by atoms with Gasteiger partial charge in [-0.25, -0.2) is 0 Å². The quantitative estimate of drug-likeness (QED) is 0.169. The van der Waals surface area contributed by atoms with Gasteiger partial charge in [-0.3, -0.25) is 9.97 Å². The maximum absolute atomic E-state index is 6.63. The average molecular weight is 725 g/mol. The van der Waals surface area contributed by atoms with Gasteiger partial charge in [0.1, 0.15) is 0 Å². The Morgan fingerprint density at radius 1 is 0.578 bits per heavy atom. The van der Waals surface area contributed by atoms with Crippen LogP contribution in [0.25, 0.3) is 0 Å². The van der Waals surface area contributed by atoms with Crippen LogP contribution < -0.4 is 9.80 Å². The van der Waals surface area contributed by atoms with Crippen molar-refractivity contribution >= 4 is 35.1 Å². The third-order valence-electron chi connectivity index (χ3n) is 8.01. The minimum atomic E-state index is -2.12. The summed E-state index contributed by atoms with van der Waals surface area (Å²) in [6, 6.07) is 31.3. The number of aryl methyl sites for hydroxylation is 6. The Morgan fingerprint density at radius 3 is 1.33 bits per heavy atom. The van der Waals surface area contributed by atoms with E-state index in [9.17, 15) is 0 Å². The van der Waals surface area contributed by atoms with Gasteiger partial charge in [-0.15, -0.1) is 0 Å². The number of anilines is 2. The van der Waals surface area contributed by atoms with E-state index in [-0.39, 0.29) is 5.92 Å². The minimum absolute atomic E-state index is 0.0867. The summed E-state index contributed by atoms with van der Waals surface area (Å²) < 4.78 is 1.10. The first-order chi connectivity index (χ1) is 21.7. The fourth-order valence-electron chi connectivity index (χ4n) is 6.50. The van der Waals surface area contributed by atoms with E-state index in [2.05, 4.69) is 97.7 Å². The predicted octanol–water partition coefficient (Wildman–Crippen LogP) is 9.53. The molecule has 4 nitrogen and oxygen atoms in total. The molecule has 3 aromatic carbocycles. The summed E-state index contributed by atoms with van der Waals surface area (Å²) in [4.78, 5) is 13.7. The maximum atomic E-state index is 6.63. The molecule has 1 fully saturated rings. The van der Waals surface area contributed by atoms with Crippen LogP contribution in [0.15, 0.2) is 103 Å². The summed E-state index contributed by atoms with van der Waals surface area (Å²) in [6.45, 7) is 14.8. The molecule has 0 bridgehead atoms. The summed E-state index contributed by atoms with van der Waals surface area (Å²) in [5.74, 6) is 0.0867. The molecule has 234 valence electrons. The zero-order valence-electron chi connectivity index (χ0n) is 26.7. The summed E-state index contributed by atoms with van der Waals surface area (Å²) in [5.41, 5.74) is 13.5. The van der Waals surface area contributed by atoms with Crippen LogP contribution in [0.3, 0.4) is 0 Å². The van der Waals surface area contributed by atoms with Crippen molar-refractivity contribution < 1.29 is 13.5 Å². The second kappa shape index (κ2) is 14.8. The van der Waals surface area contributed by atoms with Crippen LogP contribution in [-0.2, 0) is 13.5 Å². The molecule has 1 aliphatic rings. The van der Waals surface area contributed by atoms with Crippen LogP contribution in [0.1, 0.15) is 56.2 Å². The van der Waals surface area contributed by atoms with Crippen molar-refractivity contribution in [3.8, 4) is 0 Å². The molecule has 0 N–H and O–H groups in total. The van der Waals surface area contributed by atoms with E-state index in [1.54, 1.807) is 0 Å². The zero-order valence-corrected chi connectivity index (χ0v) is 30.0. The van der Waals surface area contributed by atoms with Gasteiger partial charge in [0.2, 0.25) is 0 Å². The van der Waals surface area contributed by atoms with E-state index >= 15 is 0 Å². The van der Waals surface area contributed by atoms with Crippen molar-refractivity contribution in [2.45, 2.75) is 47.5 Å². The van der Waals surface area contributed by atoms with Gasteiger partial charge in [0, 0.05) is 12.4 Å². The number of hydrogen-bond acceptors (Lipinski definition) is 4. The van der Waals surface area contributed by atoms with E-state index in [1.807, 2.05) is 67.0 Å². The Morgan fingerprint density at radius 2 is 0.978 bits per heavy atom. The third-order valence-corrected chi connectivity index (χ3v) is 10.9. The molecule has 7 heteroatoms. The number of benzene rings is 3. The van der Waals surface area contributed by atoms with Crippen molar-refractivity contribution in [3.63, 3.8) is 0 Å². The van der Waals surface area contributed by atoms with Crippen molar-refractivity contribution in [2.75, 3.05) is 22.9 Å². The molecule has 2 aromatic heterocycles. The van der Waals surface area contributed by atoms with E-state index < -0.39 is 13.5 Å². The number of halogens is 2. The van der Waals surface area contributed by atoms with Crippen molar-refractivity contribution in [1.29, 1.82) is 0 Å². The molecule has 0 amide bonds. The molecule has 1 saturated heterocycles. The molecule has 0 atom stereocenters. The molecule has 3 heterocycles. The second-order valence-corrected chi connectivity index (χ2v) is 17.2. The molecule has 0 spiro atoms. The van der Waals surface area contributed by atoms with Gasteiger partial charge >= 0.3 is 171 Å². The van der Waals surface area contributed by atoms with Gasteiger partial charge in [-0.2, -0.15) is 0 Å². The van der Waals surface area contributed by atoms with Crippen LogP contribution in [0, 0.1) is 41.5 Å². The number of pyridine rings is 2. The van der Waals surface area contributed by atoms with Crippen LogP contribution in [0.5, 0.6) is 0 Å². The Balaban J connectivity index is 0.000000186. The van der Waals surface area contributed by atoms with Crippen LogP contribution >= 0.6 is 19.4 Å². The fraction of sp³-hybridized carbons (Fsp3) is 0.237. The molecular formula is C38H40Cl2N4Ru. The normalized spacial score (nSPS) is 13.2. The number of hydrogen-bond donors (Lipinski definition) is 0. The van der Waals surface area contributed by atoms with Crippen LogP contribution in [0.4, 0.5) is 11.4 Å². The van der Waals surface area contributed by atoms with Gasteiger partial charge in [0.05, 0.1) is 17.3 Å². The topological polar surface area (TPSA) is 32.3 Å². The molecular weight excluding hydrogens is 684 g/mol. The Kier molecular flexibility index (Phi) is 10.9. The molecule has 0 aliphatic carbocycles. The Bertz CT molecular complexity index is 1580. The monoisotopic (exact) mass is 724 g/mol. The maximum Gasteiger partial charge on any atom is 0.0685 e. The number of aromatic nitrogens is 2. The summed E-state index contributed by atoms with van der Waals surface area (Å²) in [5, 5.41) is 0. The summed E-state index contributed by atoms with van der Waals surface area (Å²) >= 11 is -2.12. The zero-order chi connectivity index (χ0) is 32.1. The van der Waals surface area contributed by atoms with E-state index in [4.69, 9.17) is 19.4 Å². The number of nitrogens with zero attached hydrogens (tertiary/aromatic N) is 4. The third kappa shape index (κ3) is 7.55. The Hall–Kier alpha value is -3.37. The predicted molar refractivity (Wildman–Crippen MR) is 189 cm³/mol. The standard InChI is InChI=1S/C21H26N2.C17H14N2.2ClH.Ru/c1-14-9-16(3)20(17(4)10-14)22-7-8-23(13-22)21-18(5)11-15(2)12-19(21)6;1-2-8-14(9-3-1)17(15-10-4-6-12-18-15)16-11-5-7-13-19-16;;;/h9-12H,7-8H2,1-6H3;1-13,17H;2*1H;/q;;;;+2/p-2. The number of rotatable bonds is 5. The SMILES string of the molecule is Cc1cc(C)c(N2CCN(c3c(C)cc(C)cc3C)[C]2=[Ru]([Cl])[Cl])c(C)c1.c1ccc(C(c2ccccn2)c2ccccn2)cc1. The molecule has 1 aliphatic heterocycles.